The average Bonchev–Trinajstić information content (AvgIpc) is 2.63. The van der Waals surface area contributed by atoms with Gasteiger partial charge in [-0.3, -0.25) is 4.79 Å². The second-order valence-electron chi connectivity index (χ2n) is 5.66. The largest absolute Gasteiger partial charge is 0.508 e. The number of hydrogen-bond acceptors (Lipinski definition) is 4. The van der Waals surface area contributed by atoms with E-state index in [1.165, 1.54) is 0 Å². The minimum atomic E-state index is -0.118. The van der Waals surface area contributed by atoms with E-state index in [0.717, 1.165) is 16.8 Å². The number of nitrogens with one attached hydrogen (secondary N) is 1. The number of aromatic hydroxyl groups is 1. The number of aromatic nitrogens is 2. The summed E-state index contributed by atoms with van der Waals surface area (Å²) in [6.07, 6.45) is 2.58. The first-order valence-corrected chi connectivity index (χ1v) is 8.15. The van der Waals surface area contributed by atoms with Crippen molar-refractivity contribution in [3.05, 3.63) is 72.1 Å². The van der Waals surface area contributed by atoms with Crippen LogP contribution >= 0.6 is 0 Å². The summed E-state index contributed by atoms with van der Waals surface area (Å²) < 4.78 is 0. The maximum Gasteiger partial charge on any atom is 0.229 e. The minimum absolute atomic E-state index is 0.118. The third kappa shape index (κ3) is 4.20. The summed E-state index contributed by atoms with van der Waals surface area (Å²) >= 11 is 0. The molecule has 5 heteroatoms. The van der Waals surface area contributed by atoms with Crippen LogP contribution in [0.25, 0.3) is 11.3 Å². The molecule has 0 aliphatic rings. The third-order valence-electron chi connectivity index (χ3n) is 3.81. The van der Waals surface area contributed by atoms with Crippen molar-refractivity contribution in [3.8, 4) is 17.0 Å². The highest BCUT2D eigenvalue weighted by Crippen LogP contribution is 2.22. The number of benzene rings is 2. The quantitative estimate of drug-likeness (QED) is 0.748. The van der Waals surface area contributed by atoms with Gasteiger partial charge in [-0.1, -0.05) is 37.3 Å². The minimum Gasteiger partial charge on any atom is -0.508 e. The first-order chi connectivity index (χ1) is 12.2. The number of phenols is 1. The summed E-state index contributed by atoms with van der Waals surface area (Å²) in [5.74, 6) is 0.579. The molecule has 1 amide bonds. The molecule has 0 saturated carbocycles. The van der Waals surface area contributed by atoms with E-state index in [0.29, 0.717) is 24.4 Å². The molecule has 2 aromatic carbocycles. The lowest BCUT2D eigenvalue weighted by atomic mass is 10.1. The van der Waals surface area contributed by atoms with Gasteiger partial charge in [-0.25, -0.2) is 9.97 Å². The lowest BCUT2D eigenvalue weighted by molar-refractivity contribution is -0.115. The molecule has 1 heterocycles. The summed E-state index contributed by atoms with van der Waals surface area (Å²) in [7, 11) is 0. The smallest absolute Gasteiger partial charge is 0.229 e. The van der Waals surface area contributed by atoms with Crippen molar-refractivity contribution in [1.29, 1.82) is 0 Å². The van der Waals surface area contributed by atoms with Crippen LogP contribution in [0.2, 0.25) is 0 Å². The predicted octanol–water partition coefficient (Wildman–Crippen LogP) is 3.59. The van der Waals surface area contributed by atoms with Crippen LogP contribution in [0.5, 0.6) is 5.75 Å². The summed E-state index contributed by atoms with van der Waals surface area (Å²) in [5.41, 5.74) is 3.25. The van der Waals surface area contributed by atoms with Gasteiger partial charge in [-0.05, 0) is 36.2 Å². The molecular formula is C20H19N3O2. The summed E-state index contributed by atoms with van der Waals surface area (Å²) in [6, 6.07) is 16.4. The lowest BCUT2D eigenvalue weighted by Crippen LogP contribution is -2.17. The Morgan fingerprint density at radius 3 is 2.48 bits per heavy atom. The molecular weight excluding hydrogens is 314 g/mol. The molecule has 2 N–H and O–H groups in total. The Labute approximate surface area is 146 Å². The van der Waals surface area contributed by atoms with Gasteiger partial charge in [0.05, 0.1) is 24.0 Å². The van der Waals surface area contributed by atoms with Crippen LogP contribution in [0, 0.1) is 0 Å². The Morgan fingerprint density at radius 1 is 1.08 bits per heavy atom. The van der Waals surface area contributed by atoms with E-state index >= 15 is 0 Å². The van der Waals surface area contributed by atoms with E-state index in [2.05, 4.69) is 15.3 Å². The van der Waals surface area contributed by atoms with Gasteiger partial charge in [0, 0.05) is 5.56 Å². The van der Waals surface area contributed by atoms with Crippen molar-refractivity contribution in [2.24, 2.45) is 0 Å². The Kier molecular flexibility index (Phi) is 5.04. The van der Waals surface area contributed by atoms with Crippen LogP contribution in [0.1, 0.15) is 18.2 Å². The van der Waals surface area contributed by atoms with Gasteiger partial charge in [0.1, 0.15) is 5.75 Å². The van der Waals surface area contributed by atoms with Crippen LogP contribution < -0.4 is 5.32 Å². The second-order valence-corrected chi connectivity index (χ2v) is 5.66. The normalized spacial score (nSPS) is 10.4. The van der Waals surface area contributed by atoms with E-state index in [9.17, 15) is 9.90 Å². The van der Waals surface area contributed by atoms with Crippen molar-refractivity contribution in [1.82, 2.24) is 9.97 Å². The van der Waals surface area contributed by atoms with E-state index in [1.54, 1.807) is 30.5 Å². The first kappa shape index (κ1) is 16.6. The summed E-state index contributed by atoms with van der Waals surface area (Å²) in [6.45, 7) is 1.97. The van der Waals surface area contributed by atoms with Gasteiger partial charge in [0.15, 0.2) is 5.82 Å². The standard InChI is InChI=1S/C20H19N3O2/c1-2-17-20(23-19(25)12-14-6-4-3-5-7-14)21-13-18(22-17)15-8-10-16(24)11-9-15/h3-11,13,24H,2,12H2,1H3,(H,21,23,25). The van der Waals surface area contributed by atoms with Crippen molar-refractivity contribution < 1.29 is 9.90 Å². The van der Waals surface area contributed by atoms with Crippen LogP contribution in [-0.2, 0) is 17.6 Å². The number of nitrogens with zero attached hydrogens (tertiary/aromatic N) is 2. The van der Waals surface area contributed by atoms with Gasteiger partial charge < -0.3 is 10.4 Å². The highest BCUT2D eigenvalue weighted by molar-refractivity contribution is 5.91. The first-order valence-electron chi connectivity index (χ1n) is 8.15. The fourth-order valence-corrected chi connectivity index (χ4v) is 2.51. The number of anilines is 1. The van der Waals surface area contributed by atoms with Gasteiger partial charge >= 0.3 is 0 Å². The number of aryl methyl sites for hydroxylation is 1. The monoisotopic (exact) mass is 333 g/mol. The van der Waals surface area contributed by atoms with E-state index in [4.69, 9.17) is 0 Å². The molecule has 0 unspecified atom stereocenters. The van der Waals surface area contributed by atoms with Crippen LogP contribution in [-0.4, -0.2) is 21.0 Å². The number of rotatable bonds is 5. The van der Waals surface area contributed by atoms with Gasteiger partial charge in [0.2, 0.25) is 5.91 Å². The van der Waals surface area contributed by atoms with E-state index in [1.807, 2.05) is 37.3 Å². The topological polar surface area (TPSA) is 75.1 Å². The Morgan fingerprint density at radius 2 is 1.80 bits per heavy atom. The zero-order chi connectivity index (χ0) is 17.6. The van der Waals surface area contributed by atoms with Crippen molar-refractivity contribution in [2.75, 3.05) is 5.32 Å². The van der Waals surface area contributed by atoms with Crippen LogP contribution in [0.3, 0.4) is 0 Å². The van der Waals surface area contributed by atoms with Gasteiger partial charge in [0.25, 0.3) is 0 Å². The molecule has 0 spiro atoms. The molecule has 0 fully saturated rings. The molecule has 126 valence electrons. The number of hydrogen-bond donors (Lipinski definition) is 2. The molecule has 0 saturated heterocycles. The molecule has 0 aliphatic carbocycles. The highest BCUT2D eigenvalue weighted by atomic mass is 16.3. The van der Waals surface area contributed by atoms with Gasteiger partial charge in [-0.2, -0.15) is 0 Å². The molecule has 5 nitrogen and oxygen atoms in total. The fourth-order valence-electron chi connectivity index (χ4n) is 2.51. The summed E-state index contributed by atoms with van der Waals surface area (Å²) in [5, 5.41) is 12.2. The molecule has 3 aromatic rings. The molecule has 25 heavy (non-hydrogen) atoms. The fraction of sp³-hybridized carbons (Fsp3) is 0.150. The lowest BCUT2D eigenvalue weighted by Gasteiger charge is -2.10. The number of carbonyl (C=O) groups is 1. The Hall–Kier alpha value is -3.21. The third-order valence-corrected chi connectivity index (χ3v) is 3.81. The SMILES string of the molecule is CCc1nc(-c2ccc(O)cc2)cnc1NC(=O)Cc1ccccc1. The highest BCUT2D eigenvalue weighted by Gasteiger charge is 2.11. The van der Waals surface area contributed by atoms with Crippen LogP contribution in [0.15, 0.2) is 60.8 Å². The molecule has 0 atom stereocenters. The zero-order valence-corrected chi connectivity index (χ0v) is 13.9. The second kappa shape index (κ2) is 7.57. The van der Waals surface area contributed by atoms with Gasteiger partial charge in [-0.15, -0.1) is 0 Å². The molecule has 1 aromatic heterocycles. The predicted molar refractivity (Wildman–Crippen MR) is 97.3 cm³/mol. The van der Waals surface area contributed by atoms with Crippen molar-refractivity contribution in [2.45, 2.75) is 19.8 Å². The summed E-state index contributed by atoms with van der Waals surface area (Å²) in [4.78, 5) is 21.2. The molecule has 0 aliphatic heterocycles. The average molecular weight is 333 g/mol. The Bertz CT molecular complexity index is 862. The molecule has 3 rings (SSSR count). The number of phenolic OH excluding ortho intramolecular Hbond substituents is 1. The maximum atomic E-state index is 12.2. The van der Waals surface area contributed by atoms with E-state index in [-0.39, 0.29) is 11.7 Å². The van der Waals surface area contributed by atoms with Crippen LogP contribution in [0.4, 0.5) is 5.82 Å². The number of carbonyl (C=O) groups excluding carboxylic acids is 1. The Balaban J connectivity index is 1.77. The maximum absolute atomic E-state index is 12.2. The number of amides is 1. The van der Waals surface area contributed by atoms with E-state index < -0.39 is 0 Å². The zero-order valence-electron chi connectivity index (χ0n) is 13.9. The molecule has 0 bridgehead atoms. The molecule has 0 radical (unpaired) electrons. The van der Waals surface area contributed by atoms with Crippen molar-refractivity contribution in [3.63, 3.8) is 0 Å². The van der Waals surface area contributed by atoms with Crippen molar-refractivity contribution >= 4 is 11.7 Å².